The third-order valence-electron chi connectivity index (χ3n) is 3.08. The van der Waals surface area contributed by atoms with Crippen molar-refractivity contribution in [2.75, 3.05) is 6.61 Å². The molecule has 1 heterocycles. The fourth-order valence-electron chi connectivity index (χ4n) is 2.01. The Morgan fingerprint density at radius 1 is 1.52 bits per heavy atom. The van der Waals surface area contributed by atoms with Crippen molar-refractivity contribution in [2.24, 2.45) is 0 Å². The molecular weight excluding hydrogens is 272 g/mol. The molecule has 1 fully saturated rings. The number of ether oxygens (including phenoxy) is 1. The summed E-state index contributed by atoms with van der Waals surface area (Å²) in [6, 6.07) is 0.408. The topological polar surface area (TPSA) is 88.4 Å². The molecule has 0 aliphatic heterocycles. The maximum absolute atomic E-state index is 11.6. The number of aliphatic hydroxyl groups excluding tert-OH is 1. The highest BCUT2D eigenvalue weighted by molar-refractivity contribution is 5.68. The van der Waals surface area contributed by atoms with E-state index in [-0.39, 0.29) is 24.8 Å². The zero-order chi connectivity index (χ0) is 15.5. The van der Waals surface area contributed by atoms with Crippen LogP contribution >= 0.6 is 0 Å². The van der Waals surface area contributed by atoms with Crippen LogP contribution in [0.1, 0.15) is 32.8 Å². The number of carbonyl (C=O) groups is 1. The molecule has 0 saturated heterocycles. The Labute approximate surface area is 124 Å². The van der Waals surface area contributed by atoms with Crippen LogP contribution in [0.2, 0.25) is 0 Å². The van der Waals surface area contributed by atoms with E-state index < -0.39 is 5.60 Å². The number of aromatic nitrogens is 2. The Balaban J connectivity index is 1.66. The highest BCUT2D eigenvalue weighted by atomic mass is 16.6. The number of alkyl carbamates (subject to hydrolysis) is 1. The molecule has 1 aliphatic carbocycles. The Kier molecular flexibility index (Phi) is 4.84. The van der Waals surface area contributed by atoms with E-state index >= 15 is 0 Å². The Bertz CT molecular complexity index is 481. The predicted octanol–water partition coefficient (Wildman–Crippen LogP) is 0.631. The zero-order valence-electron chi connectivity index (χ0n) is 12.8. The fourth-order valence-corrected chi connectivity index (χ4v) is 2.01. The van der Waals surface area contributed by atoms with Crippen LogP contribution in [0.4, 0.5) is 4.79 Å². The minimum atomic E-state index is -0.469. The number of rotatable bonds is 6. The lowest BCUT2D eigenvalue weighted by atomic mass is 10.2. The Morgan fingerprint density at radius 2 is 2.29 bits per heavy atom. The van der Waals surface area contributed by atoms with Crippen molar-refractivity contribution in [1.29, 1.82) is 0 Å². The molecule has 2 rings (SSSR count). The Morgan fingerprint density at radius 3 is 2.95 bits per heavy atom. The van der Waals surface area contributed by atoms with E-state index in [1.165, 1.54) is 0 Å². The average Bonchev–Trinajstić information content (AvgIpc) is 2.92. The van der Waals surface area contributed by atoms with Crippen molar-refractivity contribution in [3.05, 3.63) is 18.0 Å². The van der Waals surface area contributed by atoms with Gasteiger partial charge in [-0.2, -0.15) is 5.10 Å². The average molecular weight is 296 g/mol. The van der Waals surface area contributed by atoms with Gasteiger partial charge in [0.2, 0.25) is 0 Å². The van der Waals surface area contributed by atoms with Gasteiger partial charge in [-0.25, -0.2) is 4.79 Å². The molecule has 118 valence electrons. The van der Waals surface area contributed by atoms with E-state index in [0.29, 0.717) is 13.1 Å². The molecule has 0 aromatic carbocycles. The quantitative estimate of drug-likeness (QED) is 0.716. The van der Waals surface area contributed by atoms with Crippen LogP contribution in [0, 0.1) is 0 Å². The van der Waals surface area contributed by atoms with Crippen molar-refractivity contribution in [3.63, 3.8) is 0 Å². The monoisotopic (exact) mass is 296 g/mol. The van der Waals surface area contributed by atoms with Crippen molar-refractivity contribution < 1.29 is 14.6 Å². The first kappa shape index (κ1) is 15.8. The van der Waals surface area contributed by atoms with Crippen LogP contribution in [0.5, 0.6) is 0 Å². The molecule has 0 bridgehead atoms. The highest BCUT2D eigenvalue weighted by Crippen LogP contribution is 2.22. The number of amides is 1. The molecule has 7 nitrogen and oxygen atoms in total. The van der Waals surface area contributed by atoms with E-state index in [1.807, 2.05) is 27.0 Å². The lowest BCUT2D eigenvalue weighted by molar-refractivity contribution is 0.0522. The summed E-state index contributed by atoms with van der Waals surface area (Å²) >= 11 is 0. The van der Waals surface area contributed by atoms with Crippen LogP contribution in [-0.2, 0) is 17.8 Å². The van der Waals surface area contributed by atoms with E-state index in [4.69, 9.17) is 9.84 Å². The van der Waals surface area contributed by atoms with Gasteiger partial charge in [0, 0.05) is 30.4 Å². The summed E-state index contributed by atoms with van der Waals surface area (Å²) < 4.78 is 6.92. The summed E-state index contributed by atoms with van der Waals surface area (Å²) in [4.78, 5) is 11.6. The molecule has 0 spiro atoms. The number of carbonyl (C=O) groups excluding carboxylic acids is 1. The molecule has 7 heteroatoms. The number of nitrogens with zero attached hydrogens (tertiary/aromatic N) is 2. The number of nitrogens with one attached hydrogen (secondary N) is 2. The second kappa shape index (κ2) is 6.44. The third kappa shape index (κ3) is 5.35. The standard InChI is InChI=1S/C14H24N4O3/c1-14(2,3)21-13(20)17-12-6-11(12)15-7-10-8-16-18(9-10)4-5-19/h8-9,11-12,15,19H,4-7H2,1-3H3,(H,17,20). The molecule has 1 saturated carbocycles. The molecule has 2 atom stereocenters. The molecule has 1 aromatic rings. The van der Waals surface area contributed by atoms with Crippen LogP contribution in [-0.4, -0.2) is 45.3 Å². The third-order valence-corrected chi connectivity index (χ3v) is 3.08. The summed E-state index contributed by atoms with van der Waals surface area (Å²) in [5.41, 5.74) is 0.592. The van der Waals surface area contributed by atoms with Gasteiger partial charge in [0.05, 0.1) is 19.3 Å². The van der Waals surface area contributed by atoms with Crippen molar-refractivity contribution in [2.45, 2.75) is 58.0 Å². The number of aliphatic hydroxyl groups is 1. The summed E-state index contributed by atoms with van der Waals surface area (Å²) in [5.74, 6) is 0. The first-order chi connectivity index (χ1) is 9.87. The van der Waals surface area contributed by atoms with Crippen molar-refractivity contribution in [3.8, 4) is 0 Å². The summed E-state index contributed by atoms with van der Waals surface area (Å²) in [7, 11) is 0. The van der Waals surface area contributed by atoms with Gasteiger partial charge in [-0.3, -0.25) is 4.68 Å². The van der Waals surface area contributed by atoms with Gasteiger partial charge in [-0.05, 0) is 27.2 Å². The van der Waals surface area contributed by atoms with E-state index in [0.717, 1.165) is 12.0 Å². The first-order valence-corrected chi connectivity index (χ1v) is 7.22. The molecule has 1 amide bonds. The SMILES string of the molecule is CC(C)(C)OC(=O)NC1CC1NCc1cnn(CCO)c1. The second-order valence-electron chi connectivity index (χ2n) is 6.31. The van der Waals surface area contributed by atoms with Gasteiger partial charge >= 0.3 is 6.09 Å². The van der Waals surface area contributed by atoms with Crippen molar-refractivity contribution >= 4 is 6.09 Å². The van der Waals surface area contributed by atoms with E-state index in [2.05, 4.69) is 15.7 Å². The van der Waals surface area contributed by atoms with Crippen LogP contribution < -0.4 is 10.6 Å². The minimum absolute atomic E-state index is 0.0824. The van der Waals surface area contributed by atoms with Gasteiger partial charge in [0.15, 0.2) is 0 Å². The minimum Gasteiger partial charge on any atom is -0.444 e. The highest BCUT2D eigenvalue weighted by Gasteiger charge is 2.38. The fraction of sp³-hybridized carbons (Fsp3) is 0.714. The van der Waals surface area contributed by atoms with Crippen LogP contribution in [0.25, 0.3) is 0 Å². The van der Waals surface area contributed by atoms with Gasteiger partial charge in [0.25, 0.3) is 0 Å². The normalized spacial score (nSPS) is 21.1. The predicted molar refractivity (Wildman–Crippen MR) is 77.7 cm³/mol. The Hall–Kier alpha value is -1.60. The lowest BCUT2D eigenvalue weighted by Crippen LogP contribution is -2.36. The van der Waals surface area contributed by atoms with E-state index in [1.54, 1.807) is 10.9 Å². The summed E-state index contributed by atoms with van der Waals surface area (Å²) in [6.07, 6.45) is 4.22. The molecule has 21 heavy (non-hydrogen) atoms. The maximum atomic E-state index is 11.6. The first-order valence-electron chi connectivity index (χ1n) is 7.22. The van der Waals surface area contributed by atoms with Gasteiger partial charge in [-0.15, -0.1) is 0 Å². The number of hydrogen-bond acceptors (Lipinski definition) is 5. The smallest absolute Gasteiger partial charge is 0.407 e. The molecule has 1 aliphatic rings. The molecule has 1 aromatic heterocycles. The molecule has 3 N–H and O–H groups in total. The summed E-state index contributed by atoms with van der Waals surface area (Å²) in [6.45, 7) is 6.83. The van der Waals surface area contributed by atoms with Crippen LogP contribution in [0.3, 0.4) is 0 Å². The van der Waals surface area contributed by atoms with Gasteiger partial charge in [0.1, 0.15) is 5.60 Å². The number of hydrogen-bond donors (Lipinski definition) is 3. The van der Waals surface area contributed by atoms with Gasteiger partial charge < -0.3 is 20.5 Å². The van der Waals surface area contributed by atoms with Crippen molar-refractivity contribution in [1.82, 2.24) is 20.4 Å². The second-order valence-corrected chi connectivity index (χ2v) is 6.31. The van der Waals surface area contributed by atoms with Crippen LogP contribution in [0.15, 0.2) is 12.4 Å². The molecule has 2 unspecified atom stereocenters. The zero-order valence-corrected chi connectivity index (χ0v) is 12.8. The largest absolute Gasteiger partial charge is 0.444 e. The lowest BCUT2D eigenvalue weighted by Gasteiger charge is -2.19. The van der Waals surface area contributed by atoms with Gasteiger partial charge in [-0.1, -0.05) is 0 Å². The summed E-state index contributed by atoms with van der Waals surface area (Å²) in [5, 5.41) is 19.2. The molecular formula is C14H24N4O3. The van der Waals surface area contributed by atoms with E-state index in [9.17, 15) is 4.79 Å². The maximum Gasteiger partial charge on any atom is 0.407 e. The molecule has 0 radical (unpaired) electrons.